The van der Waals surface area contributed by atoms with Crippen molar-refractivity contribution in [3.63, 3.8) is 0 Å². The highest BCUT2D eigenvalue weighted by molar-refractivity contribution is 5.29. The van der Waals surface area contributed by atoms with Crippen LogP contribution in [0, 0.1) is 6.92 Å². The molecule has 1 N–H and O–H groups in total. The maximum Gasteiger partial charge on any atom is 0.119 e. The molecule has 0 spiro atoms. The first-order chi connectivity index (χ1) is 9.60. The second kappa shape index (κ2) is 6.57. The van der Waals surface area contributed by atoms with Gasteiger partial charge in [-0.2, -0.15) is 0 Å². The maximum absolute atomic E-state index is 5.28. The number of aryl methyl sites for hydroxylation is 1. The van der Waals surface area contributed by atoms with Crippen LogP contribution in [0.5, 0.6) is 5.75 Å². The molecule has 0 aliphatic carbocycles. The third-order valence-electron chi connectivity index (χ3n) is 3.30. The van der Waals surface area contributed by atoms with Gasteiger partial charge in [-0.25, -0.2) is 4.98 Å². The van der Waals surface area contributed by atoms with E-state index in [1.54, 1.807) is 7.11 Å². The van der Waals surface area contributed by atoms with Crippen molar-refractivity contribution in [1.82, 2.24) is 14.9 Å². The fourth-order valence-corrected chi connectivity index (χ4v) is 2.13. The lowest BCUT2D eigenvalue weighted by molar-refractivity contribution is 0.414. The van der Waals surface area contributed by atoms with Crippen LogP contribution in [0.1, 0.15) is 30.9 Å². The average Bonchev–Trinajstić information content (AvgIpc) is 2.78. The number of ether oxygens (including phenoxy) is 1. The summed E-state index contributed by atoms with van der Waals surface area (Å²) in [4.78, 5) is 4.42. The first kappa shape index (κ1) is 14.6. The molecule has 2 rings (SSSR count). The second-order valence-corrected chi connectivity index (χ2v) is 5.27. The van der Waals surface area contributed by atoms with Crippen molar-refractivity contribution in [2.75, 3.05) is 7.11 Å². The predicted octanol–water partition coefficient (Wildman–Crippen LogP) is 2.75. The Morgan fingerprint density at radius 1 is 1.35 bits per heavy atom. The van der Waals surface area contributed by atoms with Crippen molar-refractivity contribution in [3.8, 4) is 5.75 Å². The fraction of sp³-hybridized carbons (Fsp3) is 0.438. The van der Waals surface area contributed by atoms with Crippen molar-refractivity contribution in [2.24, 2.45) is 0 Å². The molecule has 1 heterocycles. The topological polar surface area (TPSA) is 39.1 Å². The highest BCUT2D eigenvalue weighted by Crippen LogP contribution is 2.15. The van der Waals surface area contributed by atoms with Crippen LogP contribution in [0.25, 0.3) is 0 Å². The summed E-state index contributed by atoms with van der Waals surface area (Å²) in [5.41, 5.74) is 2.43. The van der Waals surface area contributed by atoms with Crippen LogP contribution >= 0.6 is 0 Å². The Kier molecular flexibility index (Phi) is 4.79. The molecule has 4 heteroatoms. The molecular weight excluding hydrogens is 250 g/mol. The summed E-state index contributed by atoms with van der Waals surface area (Å²) in [6.07, 6.45) is 1.95. The summed E-state index contributed by atoms with van der Waals surface area (Å²) in [6, 6.07) is 8.63. The van der Waals surface area contributed by atoms with Crippen molar-refractivity contribution < 1.29 is 4.74 Å². The van der Waals surface area contributed by atoms with Crippen molar-refractivity contribution in [2.45, 2.75) is 39.9 Å². The van der Waals surface area contributed by atoms with Crippen LogP contribution in [0.2, 0.25) is 0 Å². The van der Waals surface area contributed by atoms with E-state index in [2.05, 4.69) is 40.8 Å². The Morgan fingerprint density at radius 3 is 2.85 bits per heavy atom. The van der Waals surface area contributed by atoms with Gasteiger partial charge < -0.3 is 14.6 Å². The minimum atomic E-state index is 0.468. The van der Waals surface area contributed by atoms with Crippen molar-refractivity contribution in [3.05, 3.63) is 47.5 Å². The van der Waals surface area contributed by atoms with Gasteiger partial charge in [0, 0.05) is 25.3 Å². The Hall–Kier alpha value is -1.81. The SMILES string of the molecule is COc1cccc(Cn2c(CNC(C)C)cnc2C)c1. The van der Waals surface area contributed by atoms with Crippen LogP contribution in [-0.4, -0.2) is 22.7 Å². The smallest absolute Gasteiger partial charge is 0.119 e. The summed E-state index contributed by atoms with van der Waals surface area (Å²) in [6.45, 7) is 7.99. The van der Waals surface area contributed by atoms with Crippen LogP contribution < -0.4 is 10.1 Å². The van der Waals surface area contributed by atoms with Gasteiger partial charge in [0.1, 0.15) is 11.6 Å². The summed E-state index contributed by atoms with van der Waals surface area (Å²) in [5, 5.41) is 3.44. The lowest BCUT2D eigenvalue weighted by atomic mass is 10.2. The first-order valence-corrected chi connectivity index (χ1v) is 6.97. The molecule has 0 radical (unpaired) electrons. The Balaban J connectivity index is 2.17. The van der Waals surface area contributed by atoms with Crippen LogP contribution in [0.15, 0.2) is 30.5 Å². The number of methoxy groups -OCH3 is 1. The van der Waals surface area contributed by atoms with E-state index >= 15 is 0 Å². The fourth-order valence-electron chi connectivity index (χ4n) is 2.13. The molecule has 0 saturated heterocycles. The lowest BCUT2D eigenvalue weighted by Gasteiger charge is -2.13. The van der Waals surface area contributed by atoms with E-state index in [0.29, 0.717) is 6.04 Å². The third kappa shape index (κ3) is 3.61. The minimum Gasteiger partial charge on any atom is -0.497 e. The van der Waals surface area contributed by atoms with E-state index in [0.717, 1.165) is 24.7 Å². The lowest BCUT2D eigenvalue weighted by Crippen LogP contribution is -2.23. The van der Waals surface area contributed by atoms with Gasteiger partial charge in [0.15, 0.2) is 0 Å². The number of nitrogens with zero attached hydrogens (tertiary/aromatic N) is 2. The van der Waals surface area contributed by atoms with Gasteiger partial charge in [0.05, 0.1) is 12.8 Å². The van der Waals surface area contributed by atoms with Gasteiger partial charge in [-0.3, -0.25) is 0 Å². The number of hydrogen-bond acceptors (Lipinski definition) is 3. The molecule has 2 aromatic rings. The van der Waals surface area contributed by atoms with Crippen molar-refractivity contribution in [1.29, 1.82) is 0 Å². The molecule has 0 unspecified atom stereocenters. The van der Waals surface area contributed by atoms with Crippen LogP contribution in [0.4, 0.5) is 0 Å². The molecule has 20 heavy (non-hydrogen) atoms. The number of benzene rings is 1. The van der Waals surface area contributed by atoms with E-state index in [1.165, 1.54) is 11.3 Å². The van der Waals surface area contributed by atoms with Crippen LogP contribution in [0.3, 0.4) is 0 Å². The molecule has 1 aromatic heterocycles. The molecule has 0 aliphatic rings. The second-order valence-electron chi connectivity index (χ2n) is 5.27. The number of aromatic nitrogens is 2. The number of rotatable bonds is 6. The van der Waals surface area contributed by atoms with Gasteiger partial charge in [0.2, 0.25) is 0 Å². The first-order valence-electron chi connectivity index (χ1n) is 6.97. The van der Waals surface area contributed by atoms with Crippen molar-refractivity contribution >= 4 is 0 Å². The molecule has 0 saturated carbocycles. The highest BCUT2D eigenvalue weighted by atomic mass is 16.5. The summed E-state index contributed by atoms with van der Waals surface area (Å²) in [7, 11) is 1.69. The van der Waals surface area contributed by atoms with E-state index < -0.39 is 0 Å². The highest BCUT2D eigenvalue weighted by Gasteiger charge is 2.08. The third-order valence-corrected chi connectivity index (χ3v) is 3.30. The number of hydrogen-bond donors (Lipinski definition) is 1. The Bertz CT molecular complexity index is 561. The molecule has 4 nitrogen and oxygen atoms in total. The summed E-state index contributed by atoms with van der Waals surface area (Å²) >= 11 is 0. The quantitative estimate of drug-likeness (QED) is 0.879. The maximum atomic E-state index is 5.28. The predicted molar refractivity (Wildman–Crippen MR) is 81.0 cm³/mol. The Labute approximate surface area is 120 Å². The standard InChI is InChI=1S/C16H23N3O/c1-12(2)17-9-15-10-18-13(3)19(15)11-14-6-5-7-16(8-14)20-4/h5-8,10,12,17H,9,11H2,1-4H3. The number of nitrogens with one attached hydrogen (secondary N) is 1. The van der Waals surface area contributed by atoms with Gasteiger partial charge >= 0.3 is 0 Å². The Morgan fingerprint density at radius 2 is 2.15 bits per heavy atom. The molecule has 0 aliphatic heterocycles. The normalized spacial score (nSPS) is 11.1. The molecule has 108 valence electrons. The zero-order valence-corrected chi connectivity index (χ0v) is 12.7. The van der Waals surface area contributed by atoms with Crippen LogP contribution in [-0.2, 0) is 13.1 Å². The van der Waals surface area contributed by atoms with Gasteiger partial charge in [-0.15, -0.1) is 0 Å². The van der Waals surface area contributed by atoms with E-state index in [-0.39, 0.29) is 0 Å². The monoisotopic (exact) mass is 273 g/mol. The molecule has 1 aromatic carbocycles. The van der Waals surface area contributed by atoms with E-state index in [1.807, 2.05) is 25.3 Å². The molecule has 0 bridgehead atoms. The zero-order chi connectivity index (χ0) is 14.5. The molecular formula is C16H23N3O. The minimum absolute atomic E-state index is 0.468. The largest absolute Gasteiger partial charge is 0.497 e. The van der Waals surface area contributed by atoms with Gasteiger partial charge in [-0.05, 0) is 24.6 Å². The number of imidazole rings is 1. The molecule has 0 amide bonds. The summed E-state index contributed by atoms with van der Waals surface area (Å²) in [5.74, 6) is 1.93. The van der Waals surface area contributed by atoms with Gasteiger partial charge in [0.25, 0.3) is 0 Å². The van der Waals surface area contributed by atoms with E-state index in [9.17, 15) is 0 Å². The van der Waals surface area contributed by atoms with E-state index in [4.69, 9.17) is 4.74 Å². The van der Waals surface area contributed by atoms with Gasteiger partial charge in [-0.1, -0.05) is 26.0 Å². The summed E-state index contributed by atoms with van der Waals surface area (Å²) < 4.78 is 7.52. The molecule has 0 atom stereocenters. The zero-order valence-electron chi connectivity index (χ0n) is 12.7. The average molecular weight is 273 g/mol. The molecule has 0 fully saturated rings.